The molecule has 1 saturated carbocycles. The number of aromatic carboxylic acids is 1. The second-order valence-electron chi connectivity index (χ2n) is 16.4. The molecule has 1 amide bonds. The molecule has 4 aromatic carbocycles. The highest BCUT2D eigenvalue weighted by atomic mass is 35.5. The predicted molar refractivity (Wildman–Crippen MR) is 230 cm³/mol. The molecule has 3 heterocycles. The van der Waals surface area contributed by atoms with Gasteiger partial charge in [-0.25, -0.2) is 35.8 Å². The molecular weight excluding hydrogens is 918 g/mol. The Morgan fingerprint density at radius 1 is 0.985 bits per heavy atom. The molecule has 14 nitrogen and oxygen atoms in total. The average Bonchev–Trinajstić information content (AvgIpc) is 3.66. The fourth-order valence-electron chi connectivity index (χ4n) is 9.31. The first-order valence-corrected chi connectivity index (χ1v) is 22.4. The van der Waals surface area contributed by atoms with Crippen LogP contribution in [0.5, 0.6) is 0 Å². The van der Waals surface area contributed by atoms with E-state index >= 15 is 13.6 Å². The van der Waals surface area contributed by atoms with Gasteiger partial charge in [-0.1, -0.05) is 36.7 Å². The van der Waals surface area contributed by atoms with Gasteiger partial charge in [0.1, 0.15) is 35.4 Å². The summed E-state index contributed by atoms with van der Waals surface area (Å²) in [6.07, 6.45) is -2.92. The van der Waals surface area contributed by atoms with Gasteiger partial charge in [0.25, 0.3) is 17.9 Å². The van der Waals surface area contributed by atoms with Crippen LogP contribution < -0.4 is 15.6 Å². The second-order valence-corrected chi connectivity index (χ2v) is 18.6. The Morgan fingerprint density at radius 2 is 1.67 bits per heavy atom. The van der Waals surface area contributed by atoms with Crippen LogP contribution in [-0.4, -0.2) is 60.8 Å². The van der Waals surface area contributed by atoms with Gasteiger partial charge in [0.2, 0.25) is 15.9 Å². The van der Waals surface area contributed by atoms with Crippen molar-refractivity contribution in [3.63, 3.8) is 0 Å². The van der Waals surface area contributed by atoms with E-state index in [0.29, 0.717) is 21.9 Å². The fourth-order valence-corrected chi connectivity index (χ4v) is 10.0. The van der Waals surface area contributed by atoms with E-state index in [1.807, 2.05) is 0 Å². The number of amides is 1. The Hall–Kier alpha value is -6.74. The number of alkyl halides is 4. The number of carboxylic acids is 1. The van der Waals surface area contributed by atoms with Crippen LogP contribution in [0.15, 0.2) is 77.6 Å². The Kier molecular flexibility index (Phi) is 10.6. The number of nitrogens with zero attached hydrogens (tertiary/aromatic N) is 6. The van der Waals surface area contributed by atoms with Gasteiger partial charge in [0.15, 0.2) is 5.82 Å². The molecule has 0 spiro atoms. The van der Waals surface area contributed by atoms with Crippen molar-refractivity contribution in [3.8, 4) is 16.8 Å². The number of carboxylic acid groups (broad SMARTS) is 1. The number of halogens is 7. The first kappa shape index (κ1) is 44.5. The second kappa shape index (κ2) is 15.7. The highest BCUT2D eigenvalue weighted by Crippen LogP contribution is 2.78. The van der Waals surface area contributed by atoms with Crippen molar-refractivity contribution in [2.75, 3.05) is 11.0 Å². The lowest BCUT2D eigenvalue weighted by Gasteiger charge is -2.25. The average molecular weight is 953 g/mol. The third-order valence-electron chi connectivity index (χ3n) is 12.3. The van der Waals surface area contributed by atoms with Crippen molar-refractivity contribution in [3.05, 3.63) is 134 Å². The van der Waals surface area contributed by atoms with Crippen LogP contribution in [0.3, 0.4) is 0 Å². The predicted octanol–water partition coefficient (Wildman–Crippen LogP) is 8.16. The molecule has 0 bridgehead atoms. The van der Waals surface area contributed by atoms with Gasteiger partial charge in [0, 0.05) is 36.4 Å². The van der Waals surface area contributed by atoms with E-state index in [1.54, 1.807) is 6.07 Å². The van der Waals surface area contributed by atoms with Crippen LogP contribution in [0.2, 0.25) is 5.02 Å². The highest BCUT2D eigenvalue weighted by molar-refractivity contribution is 7.92. The van der Waals surface area contributed by atoms with E-state index in [1.165, 1.54) is 67.2 Å². The molecule has 1 fully saturated rings. The Morgan fingerprint density at radius 3 is 2.30 bits per heavy atom. The normalized spacial score (nSPS) is 17.8. The van der Waals surface area contributed by atoms with E-state index in [9.17, 15) is 40.7 Å². The highest BCUT2D eigenvalue weighted by Gasteiger charge is 2.77. The molecule has 9 rings (SSSR count). The SMILES string of the molecule is CCC12CC1c1c(C(F)F)nn(CC(=O)N[C@@H](Cc3cc(F)cc(F)c3)c3nc4cc(-c5ccc(C(=O)O)cc5)ccc4c(=O)n3-c3ccc(Cl)c4c(NS(C)(=O)=O)nn(C)c34)c1C2(F)F. The number of fused-ring (bicyclic) bond motifs is 5. The summed E-state index contributed by atoms with van der Waals surface area (Å²) < 4.78 is 121. The van der Waals surface area contributed by atoms with Gasteiger partial charge < -0.3 is 10.4 Å². The molecule has 7 aromatic rings. The van der Waals surface area contributed by atoms with E-state index in [0.717, 1.165) is 23.0 Å². The summed E-state index contributed by atoms with van der Waals surface area (Å²) in [6, 6.07) is 14.0. The van der Waals surface area contributed by atoms with E-state index in [-0.39, 0.29) is 73.7 Å². The third kappa shape index (κ3) is 7.33. The number of anilines is 1. The topological polar surface area (TPSA) is 183 Å². The lowest BCUT2D eigenvalue weighted by Crippen LogP contribution is -2.38. The van der Waals surface area contributed by atoms with Crippen molar-refractivity contribution in [2.24, 2.45) is 12.5 Å². The zero-order valence-corrected chi connectivity index (χ0v) is 36.3. The summed E-state index contributed by atoms with van der Waals surface area (Å²) in [6.45, 7) is 0.510. The molecule has 2 aliphatic rings. The molecule has 0 aliphatic heterocycles. The van der Waals surface area contributed by atoms with Crippen LogP contribution in [0.1, 0.15) is 76.8 Å². The van der Waals surface area contributed by atoms with Crippen molar-refractivity contribution in [1.82, 2.24) is 34.4 Å². The number of carbonyl (C=O) groups excluding carboxylic acids is 1. The number of aromatic nitrogens is 6. The van der Waals surface area contributed by atoms with Crippen molar-refractivity contribution in [2.45, 2.75) is 57.0 Å². The van der Waals surface area contributed by atoms with Crippen molar-refractivity contribution in [1.29, 1.82) is 0 Å². The minimum atomic E-state index is -3.94. The summed E-state index contributed by atoms with van der Waals surface area (Å²) >= 11 is 6.64. The number of rotatable bonds is 13. The number of aryl methyl sites for hydroxylation is 1. The lowest BCUT2D eigenvalue weighted by molar-refractivity contribution is -0.123. The van der Waals surface area contributed by atoms with Crippen LogP contribution >= 0.6 is 11.6 Å². The zero-order valence-electron chi connectivity index (χ0n) is 34.7. The summed E-state index contributed by atoms with van der Waals surface area (Å²) in [4.78, 5) is 45.8. The number of hydrogen-bond donors (Lipinski definition) is 3. The monoisotopic (exact) mass is 952 g/mol. The Balaban J connectivity index is 1.25. The molecule has 0 saturated heterocycles. The van der Waals surface area contributed by atoms with Gasteiger partial charge in [-0.3, -0.25) is 28.2 Å². The Labute approximate surface area is 374 Å². The molecule has 3 atom stereocenters. The molecule has 66 heavy (non-hydrogen) atoms. The summed E-state index contributed by atoms with van der Waals surface area (Å²) in [7, 11) is -2.51. The first-order chi connectivity index (χ1) is 31.1. The van der Waals surface area contributed by atoms with Gasteiger partial charge in [-0.05, 0) is 78.1 Å². The number of hydrogen-bond acceptors (Lipinski definition) is 8. The largest absolute Gasteiger partial charge is 0.478 e. The third-order valence-corrected chi connectivity index (χ3v) is 13.2. The quantitative estimate of drug-likeness (QED) is 0.0961. The lowest BCUT2D eigenvalue weighted by atomic mass is 9.95. The zero-order chi connectivity index (χ0) is 47.4. The van der Waals surface area contributed by atoms with Gasteiger partial charge in [-0.15, -0.1) is 0 Å². The molecule has 2 aliphatic carbocycles. The standard InChI is InChI=1S/C44H35ClF6N8O6S/c1-4-43-18-27(43)33-35(38(48)49)54-58(37(33)44(43,50)51)19-32(60)52-30(15-20-13-24(46)17-25(47)14-20)40-53-29-16-23(21-5-7-22(8-6-21)42(62)63)9-10-26(29)41(61)59(40)31-12-11-28(45)34-36(31)57(2)55-39(34)56-66(3,64)65/h5-14,16-17,27,30,38H,4,15,18-19H2,1-3H3,(H,52,60)(H,55,56)(H,62,63)/t27?,30-,43?/m0/s1. The molecule has 342 valence electrons. The smallest absolute Gasteiger partial charge is 0.335 e. The molecule has 2 unspecified atom stereocenters. The van der Waals surface area contributed by atoms with Crippen molar-refractivity contribution >= 4 is 61.1 Å². The van der Waals surface area contributed by atoms with Crippen molar-refractivity contribution < 1.29 is 49.5 Å². The number of benzene rings is 4. The summed E-state index contributed by atoms with van der Waals surface area (Å²) in [5.74, 6) is -9.29. The molecular formula is C44H35ClF6N8O6S. The molecule has 0 radical (unpaired) electrons. The summed E-state index contributed by atoms with van der Waals surface area (Å²) in [5, 5.41) is 20.2. The van der Waals surface area contributed by atoms with Crippen LogP contribution in [0.25, 0.3) is 38.6 Å². The van der Waals surface area contributed by atoms with Gasteiger partial charge in [-0.2, -0.15) is 19.0 Å². The number of carbonyl (C=O) groups is 2. The van der Waals surface area contributed by atoms with Crippen LogP contribution in [0, 0.1) is 17.0 Å². The molecule has 22 heteroatoms. The maximum atomic E-state index is 16.2. The number of nitrogens with one attached hydrogen (secondary N) is 2. The van der Waals surface area contributed by atoms with Gasteiger partial charge in [0.05, 0.1) is 50.4 Å². The minimum absolute atomic E-state index is 0.00390. The maximum absolute atomic E-state index is 16.2. The van der Waals surface area contributed by atoms with Gasteiger partial charge >= 0.3 is 5.97 Å². The fraction of sp³-hybridized carbons (Fsp3) is 0.273. The van der Waals surface area contributed by atoms with E-state index in [2.05, 4.69) is 20.2 Å². The maximum Gasteiger partial charge on any atom is 0.335 e. The van der Waals surface area contributed by atoms with E-state index in [4.69, 9.17) is 16.6 Å². The summed E-state index contributed by atoms with van der Waals surface area (Å²) in [5.41, 5.74) is -3.38. The van der Waals surface area contributed by atoms with Crippen LogP contribution in [-0.2, 0) is 40.8 Å². The Bertz CT molecular complexity index is 3360. The van der Waals surface area contributed by atoms with Crippen LogP contribution in [0.4, 0.5) is 32.2 Å². The van der Waals surface area contributed by atoms with E-state index < -0.39 is 93.2 Å². The minimum Gasteiger partial charge on any atom is -0.478 e. The number of sulfonamides is 1. The molecule has 3 aromatic heterocycles. The molecule has 3 N–H and O–H groups in total. The first-order valence-electron chi connectivity index (χ1n) is 20.2.